The molecule has 1 aromatic heterocycles. The summed E-state index contributed by atoms with van der Waals surface area (Å²) in [5.41, 5.74) is 1.93. The maximum absolute atomic E-state index is 11.7. The molecule has 7 heteroatoms. The minimum absolute atomic E-state index is 0.0940. The van der Waals surface area contributed by atoms with Crippen molar-refractivity contribution in [2.75, 3.05) is 31.1 Å². The van der Waals surface area contributed by atoms with Gasteiger partial charge in [-0.05, 0) is 11.6 Å². The number of rotatable bonds is 4. The summed E-state index contributed by atoms with van der Waals surface area (Å²) in [7, 11) is -3.76. The molecule has 1 saturated heterocycles. The van der Waals surface area contributed by atoms with Gasteiger partial charge in [0, 0.05) is 45.1 Å². The third kappa shape index (κ3) is 3.87. The van der Waals surface area contributed by atoms with Crippen LogP contribution in [0.1, 0.15) is 5.56 Å². The van der Waals surface area contributed by atoms with Crippen molar-refractivity contribution < 1.29 is 8.42 Å². The summed E-state index contributed by atoms with van der Waals surface area (Å²) < 4.78 is 23.4. The van der Waals surface area contributed by atoms with Gasteiger partial charge in [-0.2, -0.15) is 0 Å². The SMILES string of the molecule is NS(=O)(=O)c1cnccc1N1CCN(Cc2ccccc2)CC1. The zero-order valence-electron chi connectivity index (χ0n) is 12.8. The fraction of sp³-hybridized carbons (Fsp3) is 0.312. The van der Waals surface area contributed by atoms with Crippen molar-refractivity contribution in [1.29, 1.82) is 0 Å². The summed E-state index contributed by atoms with van der Waals surface area (Å²) in [6, 6.07) is 12.1. The normalized spacial score (nSPS) is 16.5. The first-order valence-corrected chi connectivity index (χ1v) is 9.07. The van der Waals surface area contributed by atoms with Gasteiger partial charge in [-0.3, -0.25) is 9.88 Å². The van der Waals surface area contributed by atoms with Crippen LogP contribution < -0.4 is 10.0 Å². The van der Waals surface area contributed by atoms with Gasteiger partial charge >= 0.3 is 0 Å². The number of hydrogen-bond donors (Lipinski definition) is 1. The Labute approximate surface area is 136 Å². The van der Waals surface area contributed by atoms with Crippen LogP contribution in [0.2, 0.25) is 0 Å². The first-order chi connectivity index (χ1) is 11.0. The molecule has 122 valence electrons. The lowest BCUT2D eigenvalue weighted by Gasteiger charge is -2.36. The van der Waals surface area contributed by atoms with Gasteiger partial charge < -0.3 is 4.90 Å². The average Bonchev–Trinajstić information content (AvgIpc) is 2.56. The number of piperazine rings is 1. The molecule has 0 atom stereocenters. The summed E-state index contributed by atoms with van der Waals surface area (Å²) in [5, 5.41) is 5.29. The van der Waals surface area contributed by atoms with Gasteiger partial charge in [0.15, 0.2) is 0 Å². The number of nitrogens with two attached hydrogens (primary N) is 1. The Morgan fingerprint density at radius 2 is 1.74 bits per heavy atom. The highest BCUT2D eigenvalue weighted by Crippen LogP contribution is 2.24. The summed E-state index contributed by atoms with van der Waals surface area (Å²) in [4.78, 5) is 8.40. The van der Waals surface area contributed by atoms with Crippen LogP contribution in [0.3, 0.4) is 0 Å². The van der Waals surface area contributed by atoms with Gasteiger partial charge in [-0.15, -0.1) is 0 Å². The maximum atomic E-state index is 11.7. The lowest BCUT2D eigenvalue weighted by atomic mass is 10.2. The smallest absolute Gasteiger partial charge is 0.241 e. The fourth-order valence-electron chi connectivity index (χ4n) is 2.84. The van der Waals surface area contributed by atoms with Gasteiger partial charge in [0.25, 0.3) is 0 Å². The van der Waals surface area contributed by atoms with Crippen LogP contribution in [0.25, 0.3) is 0 Å². The molecule has 0 spiro atoms. The van der Waals surface area contributed by atoms with Crippen molar-refractivity contribution in [3.63, 3.8) is 0 Å². The fourth-order valence-corrected chi connectivity index (χ4v) is 3.54. The van der Waals surface area contributed by atoms with Gasteiger partial charge in [0.05, 0.1) is 5.69 Å². The van der Waals surface area contributed by atoms with Crippen molar-refractivity contribution in [3.05, 3.63) is 54.4 Å². The number of nitrogens with zero attached hydrogens (tertiary/aromatic N) is 3. The van der Waals surface area contributed by atoms with Gasteiger partial charge in [-0.25, -0.2) is 13.6 Å². The molecule has 3 rings (SSSR count). The molecule has 0 aliphatic carbocycles. The molecule has 0 saturated carbocycles. The maximum Gasteiger partial charge on any atom is 0.241 e. The zero-order valence-corrected chi connectivity index (χ0v) is 13.6. The Morgan fingerprint density at radius 3 is 2.39 bits per heavy atom. The number of aromatic nitrogens is 1. The van der Waals surface area contributed by atoms with E-state index in [2.05, 4.69) is 26.9 Å². The Bertz CT molecular complexity index is 757. The van der Waals surface area contributed by atoms with Crippen molar-refractivity contribution >= 4 is 15.7 Å². The van der Waals surface area contributed by atoms with E-state index < -0.39 is 10.0 Å². The average molecular weight is 332 g/mol. The molecule has 1 aliphatic rings. The third-order valence-corrected chi connectivity index (χ3v) is 4.96. The van der Waals surface area contributed by atoms with Crippen LogP contribution in [-0.4, -0.2) is 44.5 Å². The van der Waals surface area contributed by atoms with Crippen LogP contribution in [0.5, 0.6) is 0 Å². The molecule has 0 unspecified atom stereocenters. The van der Waals surface area contributed by atoms with E-state index in [-0.39, 0.29) is 4.90 Å². The Kier molecular flexibility index (Phi) is 4.61. The van der Waals surface area contributed by atoms with Gasteiger partial charge in [0.1, 0.15) is 4.90 Å². The number of primary sulfonamides is 1. The topological polar surface area (TPSA) is 79.5 Å². The molecule has 2 N–H and O–H groups in total. The highest BCUT2D eigenvalue weighted by atomic mass is 32.2. The quantitative estimate of drug-likeness (QED) is 0.905. The Balaban J connectivity index is 1.68. The van der Waals surface area contributed by atoms with Crippen LogP contribution in [-0.2, 0) is 16.6 Å². The number of sulfonamides is 1. The van der Waals surface area contributed by atoms with Crippen LogP contribution in [0.15, 0.2) is 53.7 Å². The minimum atomic E-state index is -3.76. The molecule has 2 aromatic rings. The number of hydrogen-bond acceptors (Lipinski definition) is 5. The van der Waals surface area contributed by atoms with E-state index in [0.717, 1.165) is 32.7 Å². The molecule has 23 heavy (non-hydrogen) atoms. The number of anilines is 1. The van der Waals surface area contributed by atoms with Crippen LogP contribution >= 0.6 is 0 Å². The van der Waals surface area contributed by atoms with E-state index >= 15 is 0 Å². The standard InChI is InChI=1S/C16H20N4O2S/c17-23(21,22)16-12-18-7-6-15(16)20-10-8-19(9-11-20)13-14-4-2-1-3-5-14/h1-7,12H,8-11,13H2,(H2,17,21,22). The monoisotopic (exact) mass is 332 g/mol. The van der Waals surface area contributed by atoms with Gasteiger partial charge in [-0.1, -0.05) is 30.3 Å². The Hall–Kier alpha value is -1.96. The molecule has 1 aromatic carbocycles. The molecule has 2 heterocycles. The van der Waals surface area contributed by atoms with Crippen LogP contribution in [0.4, 0.5) is 5.69 Å². The first kappa shape index (κ1) is 15.9. The van der Waals surface area contributed by atoms with E-state index in [4.69, 9.17) is 5.14 Å². The summed E-state index contributed by atoms with van der Waals surface area (Å²) in [6.07, 6.45) is 2.92. The number of pyridine rings is 1. The summed E-state index contributed by atoms with van der Waals surface area (Å²) in [6.45, 7) is 4.19. The lowest BCUT2D eigenvalue weighted by Crippen LogP contribution is -2.46. The second-order valence-electron chi connectivity index (χ2n) is 5.64. The minimum Gasteiger partial charge on any atom is -0.368 e. The molecule has 1 aliphatic heterocycles. The summed E-state index contributed by atoms with van der Waals surface area (Å²) >= 11 is 0. The van der Waals surface area contributed by atoms with E-state index in [1.165, 1.54) is 11.8 Å². The molecular weight excluding hydrogens is 312 g/mol. The first-order valence-electron chi connectivity index (χ1n) is 7.52. The third-order valence-electron chi connectivity index (χ3n) is 4.03. The predicted octanol–water partition coefficient (Wildman–Crippen LogP) is 1.05. The molecule has 6 nitrogen and oxygen atoms in total. The second kappa shape index (κ2) is 6.66. The van der Waals surface area contributed by atoms with E-state index in [0.29, 0.717) is 5.69 Å². The van der Waals surface area contributed by atoms with Crippen molar-refractivity contribution in [1.82, 2.24) is 9.88 Å². The highest BCUT2D eigenvalue weighted by Gasteiger charge is 2.22. The van der Waals surface area contributed by atoms with Crippen molar-refractivity contribution in [3.8, 4) is 0 Å². The molecular formula is C16H20N4O2S. The largest absolute Gasteiger partial charge is 0.368 e. The van der Waals surface area contributed by atoms with Crippen molar-refractivity contribution in [2.24, 2.45) is 5.14 Å². The van der Waals surface area contributed by atoms with Crippen LogP contribution in [0, 0.1) is 0 Å². The molecule has 0 bridgehead atoms. The summed E-state index contributed by atoms with van der Waals surface area (Å²) in [5.74, 6) is 0. The van der Waals surface area contributed by atoms with E-state index in [1.54, 1.807) is 12.3 Å². The predicted molar refractivity (Wildman–Crippen MR) is 89.5 cm³/mol. The van der Waals surface area contributed by atoms with Crippen molar-refractivity contribution in [2.45, 2.75) is 11.4 Å². The molecule has 1 fully saturated rings. The lowest BCUT2D eigenvalue weighted by molar-refractivity contribution is 0.249. The van der Waals surface area contributed by atoms with E-state index in [1.807, 2.05) is 18.2 Å². The molecule has 0 radical (unpaired) electrons. The second-order valence-corrected chi connectivity index (χ2v) is 7.17. The highest BCUT2D eigenvalue weighted by molar-refractivity contribution is 7.89. The zero-order chi connectivity index (χ0) is 16.3. The van der Waals surface area contributed by atoms with E-state index in [9.17, 15) is 8.42 Å². The molecule has 0 amide bonds. The Morgan fingerprint density at radius 1 is 1.04 bits per heavy atom. The van der Waals surface area contributed by atoms with Gasteiger partial charge in [0.2, 0.25) is 10.0 Å². The number of benzene rings is 1.